The van der Waals surface area contributed by atoms with E-state index in [0.717, 1.165) is 11.4 Å². The Balaban J connectivity index is 1.17. The van der Waals surface area contributed by atoms with Crippen LogP contribution in [0.1, 0.15) is 0 Å². The van der Waals surface area contributed by atoms with Gasteiger partial charge in [0.15, 0.2) is 0 Å². The minimum Gasteiger partial charge on any atom is -0.309 e. The summed E-state index contributed by atoms with van der Waals surface area (Å²) in [6, 6.07) is 76.5. The zero-order valence-corrected chi connectivity index (χ0v) is 28.2. The van der Waals surface area contributed by atoms with Crippen LogP contribution in [0.4, 0.5) is 17.1 Å². The third-order valence-corrected chi connectivity index (χ3v) is 9.87. The van der Waals surface area contributed by atoms with Gasteiger partial charge in [-0.15, -0.1) is 0 Å². The van der Waals surface area contributed by atoms with E-state index in [-0.39, 0.29) is 0 Å². The molecular weight excluding hydrogens is 615 g/mol. The van der Waals surface area contributed by atoms with Gasteiger partial charge < -0.3 is 4.90 Å². The lowest BCUT2D eigenvalue weighted by Crippen LogP contribution is -2.12. The van der Waals surface area contributed by atoms with Crippen LogP contribution >= 0.6 is 0 Å². The van der Waals surface area contributed by atoms with Crippen molar-refractivity contribution in [3.8, 4) is 44.5 Å². The van der Waals surface area contributed by atoms with Crippen LogP contribution in [-0.2, 0) is 0 Å². The predicted octanol–water partition coefficient (Wildman–Crippen LogP) is 14.1. The molecule has 0 aliphatic carbocycles. The summed E-state index contributed by atoms with van der Waals surface area (Å²) in [5.74, 6) is 0. The molecule has 0 fully saturated rings. The lowest BCUT2D eigenvalue weighted by molar-refractivity contribution is 1.30. The van der Waals surface area contributed by atoms with Crippen molar-refractivity contribution in [3.05, 3.63) is 212 Å². The molecule has 0 aliphatic rings. The second-order valence-corrected chi connectivity index (χ2v) is 12.9. The highest BCUT2D eigenvalue weighted by molar-refractivity contribution is 6.22. The Morgan fingerprint density at radius 3 is 1.20 bits per heavy atom. The Hall–Kier alpha value is -6.70. The third-order valence-electron chi connectivity index (χ3n) is 9.87. The van der Waals surface area contributed by atoms with E-state index >= 15 is 0 Å². The molecule has 0 saturated heterocycles. The summed E-state index contributed by atoms with van der Waals surface area (Å²) in [7, 11) is 0. The fraction of sp³-hybridized carbons (Fsp3) is 0. The van der Waals surface area contributed by atoms with E-state index in [2.05, 4.69) is 217 Å². The summed E-state index contributed by atoms with van der Waals surface area (Å²) in [6.45, 7) is 0. The highest BCUT2D eigenvalue weighted by Crippen LogP contribution is 2.49. The van der Waals surface area contributed by atoms with Gasteiger partial charge in [-0.2, -0.15) is 0 Å². The van der Waals surface area contributed by atoms with Crippen molar-refractivity contribution in [1.82, 2.24) is 0 Å². The maximum Gasteiger partial charge on any atom is 0.0624 e. The van der Waals surface area contributed by atoms with Gasteiger partial charge in [0.2, 0.25) is 0 Å². The SMILES string of the molecule is c1ccc(-c2ccccc2-c2ccc(-c3ccc(N(c4ccccc4)c4c(-c5ccccc5)c5ccccc5c5ccccc45)cc3)cc2)cc1. The molecule has 9 rings (SSSR count). The van der Waals surface area contributed by atoms with E-state index < -0.39 is 0 Å². The molecular formula is C50H35N. The number of para-hydroxylation sites is 1. The molecule has 0 spiro atoms. The summed E-state index contributed by atoms with van der Waals surface area (Å²) in [6.07, 6.45) is 0. The molecule has 0 atom stereocenters. The van der Waals surface area contributed by atoms with Crippen molar-refractivity contribution in [2.45, 2.75) is 0 Å². The predicted molar refractivity (Wildman–Crippen MR) is 218 cm³/mol. The first-order valence-electron chi connectivity index (χ1n) is 17.5. The smallest absolute Gasteiger partial charge is 0.0624 e. The van der Waals surface area contributed by atoms with Gasteiger partial charge in [-0.3, -0.25) is 0 Å². The lowest BCUT2D eigenvalue weighted by atomic mass is 9.90. The molecule has 0 N–H and O–H groups in total. The summed E-state index contributed by atoms with van der Waals surface area (Å²) >= 11 is 0. The van der Waals surface area contributed by atoms with Gasteiger partial charge in [-0.1, -0.05) is 188 Å². The van der Waals surface area contributed by atoms with Gasteiger partial charge in [0.1, 0.15) is 0 Å². The van der Waals surface area contributed by atoms with E-state index in [9.17, 15) is 0 Å². The van der Waals surface area contributed by atoms with Crippen LogP contribution in [0, 0.1) is 0 Å². The molecule has 0 amide bonds. The van der Waals surface area contributed by atoms with E-state index in [1.165, 1.54) is 71.7 Å². The summed E-state index contributed by atoms with van der Waals surface area (Å²) in [5.41, 5.74) is 13.1. The summed E-state index contributed by atoms with van der Waals surface area (Å²) in [4.78, 5) is 2.44. The van der Waals surface area contributed by atoms with E-state index in [4.69, 9.17) is 0 Å². The van der Waals surface area contributed by atoms with E-state index in [0.29, 0.717) is 0 Å². The maximum absolute atomic E-state index is 2.44. The van der Waals surface area contributed by atoms with Crippen LogP contribution in [0.15, 0.2) is 212 Å². The fourth-order valence-corrected chi connectivity index (χ4v) is 7.49. The zero-order chi connectivity index (χ0) is 34.0. The van der Waals surface area contributed by atoms with Crippen molar-refractivity contribution in [1.29, 1.82) is 0 Å². The fourth-order valence-electron chi connectivity index (χ4n) is 7.49. The first-order chi connectivity index (χ1) is 25.3. The number of nitrogens with zero attached hydrogens (tertiary/aromatic N) is 1. The van der Waals surface area contributed by atoms with E-state index in [1.54, 1.807) is 0 Å². The molecule has 240 valence electrons. The molecule has 0 radical (unpaired) electrons. The summed E-state index contributed by atoms with van der Waals surface area (Å²) in [5, 5.41) is 4.96. The van der Waals surface area contributed by atoms with Crippen LogP contribution in [0.5, 0.6) is 0 Å². The van der Waals surface area contributed by atoms with Gasteiger partial charge >= 0.3 is 0 Å². The second-order valence-electron chi connectivity index (χ2n) is 12.9. The van der Waals surface area contributed by atoms with Crippen LogP contribution < -0.4 is 4.90 Å². The Morgan fingerprint density at radius 1 is 0.235 bits per heavy atom. The number of benzene rings is 9. The second kappa shape index (κ2) is 13.3. The van der Waals surface area contributed by atoms with Gasteiger partial charge in [0.25, 0.3) is 0 Å². The van der Waals surface area contributed by atoms with Crippen molar-refractivity contribution < 1.29 is 0 Å². The first-order valence-corrected chi connectivity index (χ1v) is 17.5. The molecule has 0 unspecified atom stereocenters. The molecule has 1 heteroatoms. The third kappa shape index (κ3) is 5.65. The Morgan fingerprint density at radius 2 is 0.608 bits per heavy atom. The Kier molecular flexibility index (Phi) is 7.92. The molecule has 1 nitrogen and oxygen atoms in total. The number of rotatable bonds is 7. The number of anilines is 3. The van der Waals surface area contributed by atoms with Gasteiger partial charge in [-0.25, -0.2) is 0 Å². The van der Waals surface area contributed by atoms with Crippen LogP contribution in [0.3, 0.4) is 0 Å². The monoisotopic (exact) mass is 649 g/mol. The number of hydrogen-bond acceptors (Lipinski definition) is 1. The Labute approximate surface area is 299 Å². The van der Waals surface area contributed by atoms with Gasteiger partial charge in [0.05, 0.1) is 5.69 Å². The molecule has 0 bridgehead atoms. The summed E-state index contributed by atoms with van der Waals surface area (Å²) < 4.78 is 0. The van der Waals surface area contributed by atoms with Crippen molar-refractivity contribution in [2.24, 2.45) is 0 Å². The number of hydrogen-bond donors (Lipinski definition) is 0. The number of fused-ring (bicyclic) bond motifs is 3. The highest BCUT2D eigenvalue weighted by Gasteiger charge is 2.23. The van der Waals surface area contributed by atoms with E-state index in [1.807, 2.05) is 0 Å². The first kappa shape index (κ1) is 30.4. The minimum atomic E-state index is 1.11. The molecule has 0 heterocycles. The molecule has 51 heavy (non-hydrogen) atoms. The van der Waals surface area contributed by atoms with Gasteiger partial charge in [-0.05, 0) is 79.4 Å². The van der Waals surface area contributed by atoms with Crippen molar-refractivity contribution in [2.75, 3.05) is 4.90 Å². The molecule has 9 aromatic rings. The minimum absolute atomic E-state index is 1.11. The van der Waals surface area contributed by atoms with Crippen LogP contribution in [-0.4, -0.2) is 0 Å². The molecule has 0 aliphatic heterocycles. The largest absolute Gasteiger partial charge is 0.309 e. The lowest BCUT2D eigenvalue weighted by Gasteiger charge is -2.30. The standard InChI is InChI=1S/C50H35N/c1-4-16-38(17-5-1)43-22-10-11-23-44(43)39-30-28-36(29-31-39)37-32-34-42(35-33-37)51(41-20-8-3-9-21-41)50-48-27-15-13-25-46(48)45-24-12-14-26-47(45)49(50)40-18-6-2-7-19-40/h1-35H. The average Bonchev–Trinajstić information content (AvgIpc) is 3.22. The van der Waals surface area contributed by atoms with Gasteiger partial charge in [0, 0.05) is 22.3 Å². The normalized spacial score (nSPS) is 11.1. The molecule has 9 aromatic carbocycles. The zero-order valence-electron chi connectivity index (χ0n) is 28.2. The topological polar surface area (TPSA) is 3.24 Å². The van der Waals surface area contributed by atoms with Crippen LogP contribution in [0.25, 0.3) is 66.1 Å². The molecule has 0 saturated carbocycles. The highest BCUT2D eigenvalue weighted by atomic mass is 15.1. The average molecular weight is 650 g/mol. The van der Waals surface area contributed by atoms with Crippen LogP contribution in [0.2, 0.25) is 0 Å². The Bertz CT molecular complexity index is 2590. The van der Waals surface area contributed by atoms with Crippen molar-refractivity contribution in [3.63, 3.8) is 0 Å². The maximum atomic E-state index is 2.44. The quantitative estimate of drug-likeness (QED) is 0.155. The van der Waals surface area contributed by atoms with Crippen molar-refractivity contribution >= 4 is 38.6 Å². The molecule has 0 aromatic heterocycles.